The molecule has 1 fully saturated rings. The summed E-state index contributed by atoms with van der Waals surface area (Å²) in [6.45, 7) is 2.09. The fourth-order valence-corrected chi connectivity index (χ4v) is 3.86. The number of rotatable bonds is 1. The predicted octanol–water partition coefficient (Wildman–Crippen LogP) is 1.48. The maximum atomic E-state index is 13.7. The van der Waals surface area contributed by atoms with Crippen LogP contribution in [0.2, 0.25) is 0 Å². The zero-order chi connectivity index (χ0) is 12.6. The lowest BCUT2D eigenvalue weighted by molar-refractivity contribution is 0.594. The van der Waals surface area contributed by atoms with Crippen molar-refractivity contribution in [1.29, 1.82) is 5.26 Å². The van der Waals surface area contributed by atoms with Crippen molar-refractivity contribution >= 4 is 15.7 Å². The number of nitrogens with zero attached hydrogens (tertiary/aromatic N) is 2. The molecule has 1 unspecified atom stereocenters. The molecule has 0 aromatic heterocycles. The molecule has 0 N–H and O–H groups in total. The van der Waals surface area contributed by atoms with E-state index in [0.717, 1.165) is 10.4 Å². The van der Waals surface area contributed by atoms with Gasteiger partial charge >= 0.3 is 0 Å². The molecule has 1 saturated heterocycles. The smallest absolute Gasteiger partial charge is 0.235 e. The van der Waals surface area contributed by atoms with Gasteiger partial charge < -0.3 is 0 Å². The van der Waals surface area contributed by atoms with Crippen LogP contribution in [0.5, 0.6) is 0 Å². The first kappa shape index (κ1) is 11.9. The maximum absolute atomic E-state index is 13.7. The van der Waals surface area contributed by atoms with Crippen LogP contribution in [0.1, 0.15) is 12.5 Å². The molecule has 0 saturated carbocycles. The molecule has 90 valence electrons. The van der Waals surface area contributed by atoms with E-state index in [0.29, 0.717) is 0 Å². The zero-order valence-corrected chi connectivity index (χ0v) is 10.0. The molecule has 1 atom stereocenters. The van der Waals surface area contributed by atoms with Crippen LogP contribution in [-0.4, -0.2) is 20.7 Å². The number of nitriles is 1. The van der Waals surface area contributed by atoms with Crippen molar-refractivity contribution in [3.63, 3.8) is 0 Å². The Balaban J connectivity index is 2.46. The first-order chi connectivity index (χ1) is 7.94. The third-order valence-electron chi connectivity index (χ3n) is 2.65. The van der Waals surface area contributed by atoms with Gasteiger partial charge in [-0.05, 0) is 24.1 Å². The lowest BCUT2D eigenvalue weighted by Crippen LogP contribution is -2.26. The third kappa shape index (κ3) is 2.11. The summed E-state index contributed by atoms with van der Waals surface area (Å²) in [7, 11) is -3.42. The Morgan fingerprint density at radius 3 is 2.71 bits per heavy atom. The van der Waals surface area contributed by atoms with E-state index in [1.165, 1.54) is 12.1 Å². The number of hydrogen-bond donors (Lipinski definition) is 0. The zero-order valence-electron chi connectivity index (χ0n) is 9.22. The molecule has 6 heteroatoms. The van der Waals surface area contributed by atoms with Gasteiger partial charge in [0, 0.05) is 6.54 Å². The predicted molar refractivity (Wildman–Crippen MR) is 61.4 cm³/mol. The van der Waals surface area contributed by atoms with E-state index in [-0.39, 0.29) is 29.5 Å². The summed E-state index contributed by atoms with van der Waals surface area (Å²) in [5.41, 5.74) is 0.198. The number of benzene rings is 1. The second kappa shape index (κ2) is 4.00. The molecule has 2 rings (SSSR count). The van der Waals surface area contributed by atoms with Crippen molar-refractivity contribution in [3.8, 4) is 6.07 Å². The summed E-state index contributed by atoms with van der Waals surface area (Å²) >= 11 is 0. The van der Waals surface area contributed by atoms with Gasteiger partial charge in [0.25, 0.3) is 0 Å². The molecule has 4 nitrogen and oxygen atoms in total. The van der Waals surface area contributed by atoms with Crippen LogP contribution in [-0.2, 0) is 10.0 Å². The van der Waals surface area contributed by atoms with Crippen molar-refractivity contribution in [3.05, 3.63) is 29.6 Å². The lowest BCUT2D eigenvalue weighted by Gasteiger charge is -2.17. The van der Waals surface area contributed by atoms with Gasteiger partial charge in [0.15, 0.2) is 0 Å². The molecule has 1 aliphatic heterocycles. The third-order valence-corrected chi connectivity index (χ3v) is 4.66. The highest BCUT2D eigenvalue weighted by atomic mass is 32.2. The Bertz CT molecular complexity index is 592. The minimum Gasteiger partial charge on any atom is -0.267 e. The SMILES string of the molecule is CC1CN(c2ccc(C#N)cc2F)S(=O)(=O)C1. The van der Waals surface area contributed by atoms with Gasteiger partial charge in [-0.15, -0.1) is 0 Å². The molecular formula is C11H11FN2O2S. The monoisotopic (exact) mass is 254 g/mol. The van der Waals surface area contributed by atoms with E-state index in [1.807, 2.05) is 6.07 Å². The fraction of sp³-hybridized carbons (Fsp3) is 0.364. The number of anilines is 1. The molecule has 17 heavy (non-hydrogen) atoms. The Morgan fingerprint density at radius 2 is 2.24 bits per heavy atom. The van der Waals surface area contributed by atoms with Crippen LogP contribution in [0, 0.1) is 23.1 Å². The first-order valence-corrected chi connectivity index (χ1v) is 6.75. The topological polar surface area (TPSA) is 61.2 Å². The number of hydrogen-bond acceptors (Lipinski definition) is 3. The highest BCUT2D eigenvalue weighted by Gasteiger charge is 2.35. The Hall–Kier alpha value is -1.61. The normalized spacial score (nSPS) is 22.4. The van der Waals surface area contributed by atoms with Crippen LogP contribution in [0.4, 0.5) is 10.1 Å². The second-order valence-corrected chi connectivity index (χ2v) is 6.13. The highest BCUT2D eigenvalue weighted by Crippen LogP contribution is 2.29. The Kier molecular flexibility index (Phi) is 2.79. The quantitative estimate of drug-likeness (QED) is 0.762. The molecular weight excluding hydrogens is 243 g/mol. The maximum Gasteiger partial charge on any atom is 0.235 e. The van der Waals surface area contributed by atoms with Crippen LogP contribution in [0.3, 0.4) is 0 Å². The minimum absolute atomic E-state index is 0.0185. The van der Waals surface area contributed by atoms with Gasteiger partial charge in [-0.1, -0.05) is 6.92 Å². The van der Waals surface area contributed by atoms with Crippen LogP contribution in [0.15, 0.2) is 18.2 Å². The molecule has 1 aromatic rings. The Labute approximate surface area is 99.3 Å². The van der Waals surface area contributed by atoms with Crippen molar-refractivity contribution < 1.29 is 12.8 Å². The molecule has 1 aromatic carbocycles. The van der Waals surface area contributed by atoms with Gasteiger partial charge in [-0.3, -0.25) is 4.31 Å². The van der Waals surface area contributed by atoms with Gasteiger partial charge in [0.05, 0.1) is 23.1 Å². The molecule has 0 aliphatic carbocycles. The van der Waals surface area contributed by atoms with Crippen molar-refractivity contribution in [1.82, 2.24) is 0 Å². The molecule has 0 bridgehead atoms. The average Bonchev–Trinajstić information content (AvgIpc) is 2.51. The summed E-state index contributed by atoms with van der Waals surface area (Å²) in [5.74, 6) is -0.663. The van der Waals surface area contributed by atoms with Gasteiger partial charge in [-0.25, -0.2) is 12.8 Å². The fourth-order valence-electron chi connectivity index (χ4n) is 1.93. The molecule has 0 radical (unpaired) electrons. The van der Waals surface area contributed by atoms with E-state index in [2.05, 4.69) is 0 Å². The van der Waals surface area contributed by atoms with E-state index >= 15 is 0 Å². The van der Waals surface area contributed by atoms with Crippen LogP contribution in [0.25, 0.3) is 0 Å². The number of halogens is 1. The van der Waals surface area contributed by atoms with Crippen LogP contribution >= 0.6 is 0 Å². The van der Waals surface area contributed by atoms with Crippen LogP contribution < -0.4 is 4.31 Å². The summed E-state index contributed by atoms with van der Waals surface area (Å²) in [6.07, 6.45) is 0. The standard InChI is InChI=1S/C11H11FN2O2S/c1-8-6-14(17(15,16)7-8)11-3-2-9(5-13)4-10(11)12/h2-4,8H,6-7H2,1H3. The van der Waals surface area contributed by atoms with E-state index in [9.17, 15) is 12.8 Å². The summed E-state index contributed by atoms with van der Waals surface area (Å²) in [4.78, 5) is 0. The lowest BCUT2D eigenvalue weighted by atomic mass is 10.2. The van der Waals surface area contributed by atoms with Crippen molar-refractivity contribution in [2.75, 3.05) is 16.6 Å². The highest BCUT2D eigenvalue weighted by molar-refractivity contribution is 7.93. The second-order valence-electron chi connectivity index (χ2n) is 4.19. The van der Waals surface area contributed by atoms with Gasteiger partial charge in [0.2, 0.25) is 10.0 Å². The summed E-state index contributed by atoms with van der Waals surface area (Å²) in [6, 6.07) is 5.61. The Morgan fingerprint density at radius 1 is 1.53 bits per heavy atom. The summed E-state index contributed by atoms with van der Waals surface area (Å²) < 4.78 is 38.3. The van der Waals surface area contributed by atoms with Crippen molar-refractivity contribution in [2.24, 2.45) is 5.92 Å². The molecule has 1 heterocycles. The van der Waals surface area contributed by atoms with E-state index in [1.54, 1.807) is 6.92 Å². The average molecular weight is 254 g/mol. The van der Waals surface area contributed by atoms with E-state index < -0.39 is 15.8 Å². The first-order valence-electron chi connectivity index (χ1n) is 5.14. The molecule has 1 aliphatic rings. The minimum atomic E-state index is -3.42. The van der Waals surface area contributed by atoms with Gasteiger partial charge in [-0.2, -0.15) is 5.26 Å². The van der Waals surface area contributed by atoms with Crippen molar-refractivity contribution in [2.45, 2.75) is 6.92 Å². The molecule has 0 spiro atoms. The molecule has 0 amide bonds. The largest absolute Gasteiger partial charge is 0.267 e. The van der Waals surface area contributed by atoms with Gasteiger partial charge in [0.1, 0.15) is 5.82 Å². The number of sulfonamides is 1. The summed E-state index contributed by atoms with van der Waals surface area (Å²) in [5, 5.41) is 8.61. The van der Waals surface area contributed by atoms with E-state index in [4.69, 9.17) is 5.26 Å².